The molecule has 1 aromatic rings. The summed E-state index contributed by atoms with van der Waals surface area (Å²) in [6, 6.07) is 7.97. The first-order chi connectivity index (χ1) is 11.6. The Kier molecular flexibility index (Phi) is 6.78. The van der Waals surface area contributed by atoms with Crippen LogP contribution in [0.15, 0.2) is 30.3 Å². The van der Waals surface area contributed by atoms with Gasteiger partial charge in [-0.2, -0.15) is 0 Å². The number of carbonyl (C=O) groups excluding carboxylic acids is 3. The van der Waals surface area contributed by atoms with Crippen LogP contribution in [0.3, 0.4) is 0 Å². The second-order valence-corrected chi connectivity index (χ2v) is 6.07. The second kappa shape index (κ2) is 9.05. The lowest BCUT2D eigenvalue weighted by Crippen LogP contribution is -2.42. The minimum absolute atomic E-state index is 0.181. The van der Waals surface area contributed by atoms with Crippen LogP contribution < -0.4 is 10.6 Å². The Morgan fingerprint density at radius 2 is 1.79 bits per heavy atom. The van der Waals surface area contributed by atoms with E-state index < -0.39 is 12.0 Å². The van der Waals surface area contributed by atoms with Gasteiger partial charge in [-0.05, 0) is 31.9 Å². The van der Waals surface area contributed by atoms with E-state index in [0.717, 1.165) is 25.7 Å². The van der Waals surface area contributed by atoms with Gasteiger partial charge in [0, 0.05) is 11.6 Å². The van der Waals surface area contributed by atoms with Crippen LogP contribution in [0.25, 0.3) is 0 Å². The molecular weight excluding hydrogens is 308 g/mol. The third-order valence-electron chi connectivity index (χ3n) is 4.05. The summed E-state index contributed by atoms with van der Waals surface area (Å²) in [5.74, 6) is -1.28. The van der Waals surface area contributed by atoms with E-state index in [1.807, 2.05) is 0 Å². The van der Waals surface area contributed by atoms with Crippen molar-refractivity contribution in [3.05, 3.63) is 35.9 Å². The smallest absolute Gasteiger partial charge is 0.328 e. The first kappa shape index (κ1) is 18.0. The molecule has 1 aromatic carbocycles. The molecule has 6 nitrogen and oxygen atoms in total. The summed E-state index contributed by atoms with van der Waals surface area (Å²) in [5, 5.41) is 5.43. The van der Waals surface area contributed by atoms with Gasteiger partial charge in [0.25, 0.3) is 11.8 Å². The number of nitrogens with one attached hydrogen (secondary N) is 2. The molecule has 1 saturated carbocycles. The highest BCUT2D eigenvalue weighted by atomic mass is 16.5. The second-order valence-electron chi connectivity index (χ2n) is 6.07. The van der Waals surface area contributed by atoms with Crippen LogP contribution in [0.1, 0.15) is 49.4 Å². The van der Waals surface area contributed by atoms with E-state index in [1.54, 1.807) is 30.3 Å². The SMILES string of the molecule is C[C@@H](NC(=O)c1ccccc1)C(=O)OCC(=O)NC1CCCCC1. The molecule has 1 atom stereocenters. The number of esters is 1. The Morgan fingerprint density at radius 1 is 1.12 bits per heavy atom. The van der Waals surface area contributed by atoms with Crippen molar-refractivity contribution in [2.45, 2.75) is 51.1 Å². The summed E-state index contributed by atoms with van der Waals surface area (Å²) in [4.78, 5) is 35.7. The quantitative estimate of drug-likeness (QED) is 0.778. The highest BCUT2D eigenvalue weighted by Crippen LogP contribution is 2.17. The first-order valence-electron chi connectivity index (χ1n) is 8.38. The van der Waals surface area contributed by atoms with Crippen molar-refractivity contribution in [1.82, 2.24) is 10.6 Å². The van der Waals surface area contributed by atoms with Crippen molar-refractivity contribution in [1.29, 1.82) is 0 Å². The molecule has 1 aliphatic carbocycles. The fraction of sp³-hybridized carbons (Fsp3) is 0.500. The van der Waals surface area contributed by atoms with E-state index in [0.29, 0.717) is 5.56 Å². The number of amides is 2. The molecule has 0 bridgehead atoms. The zero-order valence-corrected chi connectivity index (χ0v) is 13.9. The monoisotopic (exact) mass is 332 g/mol. The maximum absolute atomic E-state index is 12.0. The van der Waals surface area contributed by atoms with Crippen molar-refractivity contribution >= 4 is 17.8 Å². The van der Waals surface area contributed by atoms with Gasteiger partial charge >= 0.3 is 5.97 Å². The Hall–Kier alpha value is -2.37. The van der Waals surface area contributed by atoms with Gasteiger partial charge in [-0.3, -0.25) is 9.59 Å². The van der Waals surface area contributed by atoms with Crippen molar-refractivity contribution in [2.24, 2.45) is 0 Å². The van der Waals surface area contributed by atoms with Gasteiger partial charge in [0.05, 0.1) is 0 Å². The maximum atomic E-state index is 12.0. The number of ether oxygens (including phenoxy) is 1. The van der Waals surface area contributed by atoms with Crippen LogP contribution in [-0.2, 0) is 14.3 Å². The zero-order valence-electron chi connectivity index (χ0n) is 13.9. The van der Waals surface area contributed by atoms with Gasteiger partial charge in [0.1, 0.15) is 6.04 Å². The normalized spacial score (nSPS) is 16.0. The van der Waals surface area contributed by atoms with E-state index in [9.17, 15) is 14.4 Å². The average Bonchev–Trinajstić information content (AvgIpc) is 2.61. The van der Waals surface area contributed by atoms with Gasteiger partial charge in [-0.15, -0.1) is 0 Å². The Balaban J connectivity index is 1.71. The van der Waals surface area contributed by atoms with Crippen LogP contribution in [0.2, 0.25) is 0 Å². The van der Waals surface area contributed by atoms with E-state index in [-0.39, 0.29) is 24.5 Å². The molecule has 0 spiro atoms. The standard InChI is InChI=1S/C18H24N2O4/c1-13(19-17(22)14-8-4-2-5-9-14)18(23)24-12-16(21)20-15-10-6-3-7-11-15/h2,4-5,8-9,13,15H,3,6-7,10-12H2,1H3,(H,19,22)(H,20,21)/t13-/m1/s1. The van der Waals surface area contributed by atoms with Crippen molar-refractivity contribution in [3.63, 3.8) is 0 Å². The fourth-order valence-corrected chi connectivity index (χ4v) is 2.71. The molecule has 0 unspecified atom stereocenters. The topological polar surface area (TPSA) is 84.5 Å². The van der Waals surface area contributed by atoms with Gasteiger partial charge < -0.3 is 15.4 Å². The Labute approximate surface area is 142 Å². The van der Waals surface area contributed by atoms with Gasteiger partial charge in [-0.25, -0.2) is 4.79 Å². The minimum atomic E-state index is -0.819. The highest BCUT2D eigenvalue weighted by molar-refractivity contribution is 5.96. The largest absolute Gasteiger partial charge is 0.454 e. The predicted octanol–water partition coefficient (Wildman–Crippen LogP) is 1.80. The van der Waals surface area contributed by atoms with Crippen molar-refractivity contribution < 1.29 is 19.1 Å². The third kappa shape index (κ3) is 5.68. The number of rotatable bonds is 6. The summed E-state index contributed by atoms with van der Waals surface area (Å²) < 4.78 is 4.98. The minimum Gasteiger partial charge on any atom is -0.454 e. The lowest BCUT2D eigenvalue weighted by Gasteiger charge is -2.22. The molecule has 2 N–H and O–H groups in total. The van der Waals surface area contributed by atoms with E-state index >= 15 is 0 Å². The summed E-state index contributed by atoms with van der Waals surface area (Å²) in [6.07, 6.45) is 5.40. The van der Waals surface area contributed by atoms with Gasteiger partial charge in [0.15, 0.2) is 6.61 Å². The highest BCUT2D eigenvalue weighted by Gasteiger charge is 2.20. The molecule has 24 heavy (non-hydrogen) atoms. The predicted molar refractivity (Wildman–Crippen MR) is 89.3 cm³/mol. The molecule has 0 radical (unpaired) electrons. The van der Waals surface area contributed by atoms with E-state index in [4.69, 9.17) is 4.74 Å². The summed E-state index contributed by atoms with van der Waals surface area (Å²) in [7, 11) is 0. The van der Waals surface area contributed by atoms with Gasteiger partial charge in [0.2, 0.25) is 0 Å². The molecular formula is C18H24N2O4. The molecule has 0 heterocycles. The summed E-state index contributed by atoms with van der Waals surface area (Å²) >= 11 is 0. The van der Waals surface area contributed by atoms with Crippen molar-refractivity contribution in [3.8, 4) is 0 Å². The number of carbonyl (C=O) groups is 3. The molecule has 0 aliphatic heterocycles. The maximum Gasteiger partial charge on any atom is 0.328 e. The average molecular weight is 332 g/mol. The summed E-state index contributed by atoms with van der Waals surface area (Å²) in [5.41, 5.74) is 0.465. The lowest BCUT2D eigenvalue weighted by molar-refractivity contribution is -0.150. The van der Waals surface area contributed by atoms with Crippen molar-refractivity contribution in [2.75, 3.05) is 6.61 Å². The van der Waals surface area contributed by atoms with E-state index in [2.05, 4.69) is 10.6 Å². The van der Waals surface area contributed by atoms with Gasteiger partial charge in [-0.1, -0.05) is 37.5 Å². The molecule has 0 saturated heterocycles. The molecule has 130 valence electrons. The van der Waals surface area contributed by atoms with Crippen LogP contribution in [0.5, 0.6) is 0 Å². The molecule has 1 fully saturated rings. The molecule has 2 amide bonds. The number of hydrogen-bond donors (Lipinski definition) is 2. The zero-order chi connectivity index (χ0) is 17.4. The summed E-state index contributed by atoms with van der Waals surface area (Å²) in [6.45, 7) is 1.21. The van der Waals surface area contributed by atoms with Crippen LogP contribution >= 0.6 is 0 Å². The Morgan fingerprint density at radius 3 is 2.46 bits per heavy atom. The third-order valence-corrected chi connectivity index (χ3v) is 4.05. The van der Waals surface area contributed by atoms with Crippen LogP contribution in [-0.4, -0.2) is 36.5 Å². The van der Waals surface area contributed by atoms with Crippen LogP contribution in [0.4, 0.5) is 0 Å². The molecule has 0 aromatic heterocycles. The number of hydrogen-bond acceptors (Lipinski definition) is 4. The fourth-order valence-electron chi connectivity index (χ4n) is 2.71. The lowest BCUT2D eigenvalue weighted by atomic mass is 9.95. The van der Waals surface area contributed by atoms with E-state index in [1.165, 1.54) is 13.3 Å². The number of benzene rings is 1. The first-order valence-corrected chi connectivity index (χ1v) is 8.38. The molecule has 2 rings (SSSR count). The molecule has 6 heteroatoms. The Bertz CT molecular complexity index is 568. The van der Waals surface area contributed by atoms with Crippen LogP contribution in [0, 0.1) is 0 Å². The molecule has 1 aliphatic rings.